The summed E-state index contributed by atoms with van der Waals surface area (Å²) in [5, 5.41) is 8.76. The van der Waals surface area contributed by atoms with Crippen LogP contribution in [0.15, 0.2) is 54.6 Å². The number of aromatic carboxylic acids is 1. The van der Waals surface area contributed by atoms with Gasteiger partial charge in [0.2, 0.25) is 0 Å². The number of esters is 1. The van der Waals surface area contributed by atoms with E-state index in [0.717, 1.165) is 11.8 Å². The Labute approximate surface area is 126 Å². The first-order valence-electron chi connectivity index (χ1n) is 6.37. The van der Waals surface area contributed by atoms with Gasteiger partial charge in [-0.25, -0.2) is 9.59 Å². The maximum atomic E-state index is 11.6. The highest BCUT2D eigenvalue weighted by Gasteiger charge is 2.04. The Hall–Kier alpha value is -3.21. The van der Waals surface area contributed by atoms with Crippen LogP contribution in [-0.2, 0) is 4.79 Å². The van der Waals surface area contributed by atoms with Crippen molar-refractivity contribution in [2.75, 3.05) is 0 Å². The molecule has 0 heterocycles. The molecule has 5 heteroatoms. The minimum atomic E-state index is -1.04. The fourth-order valence-corrected chi connectivity index (χ4v) is 1.67. The first-order chi connectivity index (χ1) is 10.6. The fourth-order valence-electron chi connectivity index (χ4n) is 1.67. The summed E-state index contributed by atoms with van der Waals surface area (Å²) in [6.07, 6.45) is 3.55. The van der Waals surface area contributed by atoms with Crippen molar-refractivity contribution in [2.24, 2.45) is 0 Å². The van der Waals surface area contributed by atoms with E-state index >= 15 is 0 Å². The Kier molecular flexibility index (Phi) is 4.82. The molecule has 0 aromatic heterocycles. The summed E-state index contributed by atoms with van der Waals surface area (Å²) in [5.74, 6) is -1.37. The van der Waals surface area contributed by atoms with Crippen molar-refractivity contribution < 1.29 is 24.2 Å². The zero-order valence-electron chi connectivity index (χ0n) is 11.4. The molecule has 0 radical (unpaired) electrons. The van der Waals surface area contributed by atoms with Gasteiger partial charge < -0.3 is 9.84 Å². The summed E-state index contributed by atoms with van der Waals surface area (Å²) < 4.78 is 5.04. The molecule has 0 unspecified atom stereocenters. The minimum Gasteiger partial charge on any atom is -0.478 e. The maximum absolute atomic E-state index is 11.6. The Bertz CT molecular complexity index is 712. The maximum Gasteiger partial charge on any atom is 0.336 e. The van der Waals surface area contributed by atoms with E-state index < -0.39 is 11.9 Å². The summed E-state index contributed by atoms with van der Waals surface area (Å²) in [6, 6.07) is 12.2. The topological polar surface area (TPSA) is 80.7 Å². The molecule has 0 aliphatic carbocycles. The molecule has 2 aromatic rings. The number of rotatable bonds is 5. The minimum absolute atomic E-state index is 0.116. The van der Waals surface area contributed by atoms with E-state index in [1.807, 2.05) is 0 Å². The van der Waals surface area contributed by atoms with Crippen LogP contribution in [0.3, 0.4) is 0 Å². The molecule has 110 valence electrons. The van der Waals surface area contributed by atoms with Gasteiger partial charge in [-0.05, 0) is 35.9 Å². The summed E-state index contributed by atoms with van der Waals surface area (Å²) in [7, 11) is 0. The number of benzene rings is 2. The van der Waals surface area contributed by atoms with Crippen molar-refractivity contribution in [3.8, 4) is 5.75 Å². The average Bonchev–Trinajstić information content (AvgIpc) is 2.54. The van der Waals surface area contributed by atoms with E-state index in [-0.39, 0.29) is 11.3 Å². The lowest BCUT2D eigenvalue weighted by Crippen LogP contribution is -2.04. The first-order valence-corrected chi connectivity index (χ1v) is 6.37. The van der Waals surface area contributed by atoms with E-state index in [1.54, 1.807) is 30.3 Å². The fraction of sp³-hybridized carbons (Fsp3) is 0. The highest BCUT2D eigenvalue weighted by Crippen LogP contribution is 2.13. The summed E-state index contributed by atoms with van der Waals surface area (Å²) in [4.78, 5) is 32.9. The van der Waals surface area contributed by atoms with Crippen molar-refractivity contribution in [1.82, 2.24) is 0 Å². The molecule has 0 aliphatic rings. The van der Waals surface area contributed by atoms with Crippen LogP contribution in [0.1, 0.15) is 26.3 Å². The van der Waals surface area contributed by atoms with Gasteiger partial charge in [-0.2, -0.15) is 0 Å². The van der Waals surface area contributed by atoms with Gasteiger partial charge >= 0.3 is 11.9 Å². The Morgan fingerprint density at radius 2 is 1.50 bits per heavy atom. The van der Waals surface area contributed by atoms with Crippen LogP contribution >= 0.6 is 0 Å². The molecule has 2 aromatic carbocycles. The van der Waals surface area contributed by atoms with Gasteiger partial charge in [0.05, 0.1) is 5.56 Å². The predicted molar refractivity (Wildman–Crippen MR) is 79.9 cm³/mol. The molecule has 2 rings (SSSR count). The van der Waals surface area contributed by atoms with Gasteiger partial charge in [-0.15, -0.1) is 0 Å². The number of carboxylic acid groups (broad SMARTS) is 1. The largest absolute Gasteiger partial charge is 0.478 e. The van der Waals surface area contributed by atoms with E-state index in [4.69, 9.17) is 9.84 Å². The molecule has 0 saturated carbocycles. The lowest BCUT2D eigenvalue weighted by molar-refractivity contribution is -0.128. The third kappa shape index (κ3) is 4.14. The van der Waals surface area contributed by atoms with Crippen LogP contribution in [0.5, 0.6) is 5.75 Å². The normalized spacial score (nSPS) is 10.4. The Balaban J connectivity index is 1.98. The van der Waals surface area contributed by atoms with Crippen molar-refractivity contribution >= 4 is 24.3 Å². The van der Waals surface area contributed by atoms with Crippen LogP contribution in [-0.4, -0.2) is 23.3 Å². The Morgan fingerprint density at radius 1 is 0.909 bits per heavy atom. The molecule has 0 atom stereocenters. The second-order valence-corrected chi connectivity index (χ2v) is 4.37. The average molecular weight is 296 g/mol. The Morgan fingerprint density at radius 3 is 2.05 bits per heavy atom. The van der Waals surface area contributed by atoms with E-state index in [1.165, 1.54) is 30.3 Å². The molecule has 0 amide bonds. The quantitative estimate of drug-likeness (QED) is 0.397. The van der Waals surface area contributed by atoms with Crippen LogP contribution in [0.4, 0.5) is 0 Å². The van der Waals surface area contributed by atoms with Gasteiger partial charge in [-0.3, -0.25) is 4.79 Å². The molecule has 22 heavy (non-hydrogen) atoms. The van der Waals surface area contributed by atoms with Gasteiger partial charge in [-0.1, -0.05) is 24.3 Å². The summed E-state index contributed by atoms with van der Waals surface area (Å²) >= 11 is 0. The lowest BCUT2D eigenvalue weighted by atomic mass is 10.1. The number of hydrogen-bond acceptors (Lipinski definition) is 4. The SMILES string of the molecule is O=Cc1ccc(C=CC(=O)Oc2ccc(C(=O)O)cc2)cc1. The van der Waals surface area contributed by atoms with Crippen molar-refractivity contribution in [3.05, 3.63) is 71.3 Å². The molecule has 0 aliphatic heterocycles. The highest BCUT2D eigenvalue weighted by molar-refractivity contribution is 5.90. The zero-order chi connectivity index (χ0) is 15.9. The molecule has 0 bridgehead atoms. The standard InChI is InChI=1S/C17H12O5/c18-11-13-3-1-12(2-4-13)5-10-16(19)22-15-8-6-14(7-9-15)17(20)21/h1-11H,(H,20,21). The monoisotopic (exact) mass is 296 g/mol. The van der Waals surface area contributed by atoms with E-state index in [9.17, 15) is 14.4 Å². The number of ether oxygens (including phenoxy) is 1. The zero-order valence-corrected chi connectivity index (χ0v) is 11.4. The molecular weight excluding hydrogens is 284 g/mol. The van der Waals surface area contributed by atoms with Gasteiger partial charge in [0.15, 0.2) is 0 Å². The number of carbonyl (C=O) groups excluding carboxylic acids is 2. The lowest BCUT2D eigenvalue weighted by Gasteiger charge is -2.01. The summed E-state index contributed by atoms with van der Waals surface area (Å²) in [5.41, 5.74) is 1.42. The number of aldehydes is 1. The second kappa shape index (κ2) is 6.99. The van der Waals surface area contributed by atoms with Crippen LogP contribution in [0.2, 0.25) is 0 Å². The molecule has 5 nitrogen and oxygen atoms in total. The second-order valence-electron chi connectivity index (χ2n) is 4.37. The predicted octanol–water partition coefficient (Wildman–Crippen LogP) is 2.82. The van der Waals surface area contributed by atoms with Crippen molar-refractivity contribution in [2.45, 2.75) is 0 Å². The number of carbonyl (C=O) groups is 3. The van der Waals surface area contributed by atoms with Crippen LogP contribution in [0.25, 0.3) is 6.08 Å². The number of hydrogen-bond donors (Lipinski definition) is 1. The first kappa shape index (κ1) is 15.2. The van der Waals surface area contributed by atoms with Gasteiger partial charge in [0, 0.05) is 11.6 Å². The number of carboxylic acids is 1. The van der Waals surface area contributed by atoms with Crippen molar-refractivity contribution in [3.63, 3.8) is 0 Å². The van der Waals surface area contributed by atoms with Crippen LogP contribution in [0, 0.1) is 0 Å². The van der Waals surface area contributed by atoms with Gasteiger partial charge in [0.25, 0.3) is 0 Å². The van der Waals surface area contributed by atoms with Crippen LogP contribution < -0.4 is 4.74 Å². The molecule has 0 spiro atoms. The third-order valence-corrected chi connectivity index (χ3v) is 2.80. The highest BCUT2D eigenvalue weighted by atomic mass is 16.5. The summed E-state index contributed by atoms with van der Waals surface area (Å²) in [6.45, 7) is 0. The van der Waals surface area contributed by atoms with E-state index in [2.05, 4.69) is 0 Å². The molecule has 0 fully saturated rings. The molecular formula is C17H12O5. The molecule has 0 saturated heterocycles. The third-order valence-electron chi connectivity index (χ3n) is 2.80. The molecule has 1 N–H and O–H groups in total. The van der Waals surface area contributed by atoms with Gasteiger partial charge in [0.1, 0.15) is 12.0 Å². The smallest absolute Gasteiger partial charge is 0.336 e. The van der Waals surface area contributed by atoms with Crippen molar-refractivity contribution in [1.29, 1.82) is 0 Å². The van der Waals surface area contributed by atoms with E-state index in [0.29, 0.717) is 5.56 Å².